The first kappa shape index (κ1) is 27.8. The number of halogens is 7. The Hall–Kier alpha value is -4.21. The quantitative estimate of drug-likeness (QED) is 0.211. The topological polar surface area (TPSA) is 96.8 Å². The van der Waals surface area contributed by atoms with Gasteiger partial charge in [-0.3, -0.25) is 0 Å². The molecule has 0 unspecified atom stereocenters. The summed E-state index contributed by atoms with van der Waals surface area (Å²) in [5.74, 6) is -0.391. The van der Waals surface area contributed by atoms with Crippen LogP contribution in [0.2, 0.25) is 0 Å². The zero-order valence-electron chi connectivity index (χ0n) is 19.8. The summed E-state index contributed by atoms with van der Waals surface area (Å²) in [6, 6.07) is 9.19. The third-order valence-electron chi connectivity index (χ3n) is 5.13. The molecule has 2 aromatic carbocycles. The second-order valence-corrected chi connectivity index (χ2v) is 7.99. The van der Waals surface area contributed by atoms with E-state index in [0.717, 1.165) is 24.3 Å². The highest BCUT2D eigenvalue weighted by atomic mass is 19.4. The summed E-state index contributed by atoms with van der Waals surface area (Å²) in [4.78, 5) is 14.6. The van der Waals surface area contributed by atoms with Crippen molar-refractivity contribution in [2.45, 2.75) is 18.7 Å². The summed E-state index contributed by atoms with van der Waals surface area (Å²) in [6.07, 6.45) is -11.9. The van der Waals surface area contributed by atoms with E-state index in [9.17, 15) is 30.7 Å². The maximum absolute atomic E-state index is 13.3. The molecule has 1 aromatic heterocycles. The van der Waals surface area contributed by atoms with Crippen molar-refractivity contribution in [1.29, 1.82) is 0 Å². The number of morpholine rings is 1. The number of aromatic nitrogens is 3. The SMILES string of the molecule is FC(F)C(F)(F)Oc1cccc(Nc2nc(N/N=C/c3ccc(C(F)(F)F)cc3)nc(N3CCOCC3)n2)c1. The lowest BCUT2D eigenvalue weighted by atomic mass is 10.1. The van der Waals surface area contributed by atoms with Crippen LogP contribution in [0, 0.1) is 0 Å². The molecule has 1 aliphatic rings. The molecule has 1 saturated heterocycles. The number of rotatable bonds is 9. The van der Waals surface area contributed by atoms with Gasteiger partial charge in [-0.1, -0.05) is 18.2 Å². The third kappa shape index (κ3) is 7.66. The highest BCUT2D eigenvalue weighted by molar-refractivity contribution is 5.80. The minimum absolute atomic E-state index is 0.0449. The molecule has 4 rings (SSSR count). The van der Waals surface area contributed by atoms with Gasteiger partial charge in [-0.2, -0.15) is 50.8 Å². The molecule has 3 aromatic rings. The molecule has 1 fully saturated rings. The van der Waals surface area contributed by atoms with Gasteiger partial charge in [0.15, 0.2) is 0 Å². The second kappa shape index (κ2) is 11.7. The van der Waals surface area contributed by atoms with E-state index in [2.05, 4.69) is 35.5 Å². The Balaban J connectivity index is 1.54. The van der Waals surface area contributed by atoms with Crippen molar-refractivity contribution in [1.82, 2.24) is 15.0 Å². The van der Waals surface area contributed by atoms with E-state index in [0.29, 0.717) is 31.9 Å². The van der Waals surface area contributed by atoms with Crippen molar-refractivity contribution < 1.29 is 40.2 Å². The first-order valence-corrected chi connectivity index (χ1v) is 11.3. The predicted molar refractivity (Wildman–Crippen MR) is 127 cm³/mol. The summed E-state index contributed by atoms with van der Waals surface area (Å²) in [7, 11) is 0. The van der Waals surface area contributed by atoms with Gasteiger partial charge < -0.3 is 19.7 Å². The van der Waals surface area contributed by atoms with Gasteiger partial charge in [0.05, 0.1) is 25.0 Å². The number of hydrogen-bond acceptors (Lipinski definition) is 9. The molecule has 0 bridgehead atoms. The Morgan fingerprint density at radius 2 is 1.64 bits per heavy atom. The van der Waals surface area contributed by atoms with E-state index >= 15 is 0 Å². The van der Waals surface area contributed by atoms with Gasteiger partial charge in [-0.05, 0) is 29.8 Å². The van der Waals surface area contributed by atoms with Crippen molar-refractivity contribution in [2.75, 3.05) is 41.9 Å². The van der Waals surface area contributed by atoms with Gasteiger partial charge in [0.2, 0.25) is 17.8 Å². The van der Waals surface area contributed by atoms with Crippen molar-refractivity contribution in [3.05, 3.63) is 59.7 Å². The van der Waals surface area contributed by atoms with Crippen molar-refractivity contribution >= 4 is 29.7 Å². The minimum Gasteiger partial charge on any atom is -0.428 e. The van der Waals surface area contributed by atoms with Crippen LogP contribution < -0.4 is 20.4 Å². The van der Waals surface area contributed by atoms with E-state index in [-0.39, 0.29) is 23.5 Å². The molecule has 2 N–H and O–H groups in total. The van der Waals surface area contributed by atoms with E-state index in [1.54, 1.807) is 4.90 Å². The largest absolute Gasteiger partial charge is 0.461 e. The Kier molecular flexibility index (Phi) is 8.32. The zero-order valence-corrected chi connectivity index (χ0v) is 19.8. The normalized spacial score (nSPS) is 14.6. The van der Waals surface area contributed by atoms with E-state index < -0.39 is 30.0 Å². The maximum atomic E-state index is 13.3. The lowest BCUT2D eigenvalue weighted by molar-refractivity contribution is -0.253. The smallest absolute Gasteiger partial charge is 0.428 e. The molecule has 2 heterocycles. The molecule has 0 radical (unpaired) electrons. The molecule has 1 aliphatic heterocycles. The van der Waals surface area contributed by atoms with Crippen LogP contribution >= 0.6 is 0 Å². The number of hydrogen-bond donors (Lipinski definition) is 2. The van der Waals surface area contributed by atoms with Gasteiger partial charge >= 0.3 is 18.7 Å². The van der Waals surface area contributed by atoms with E-state index in [4.69, 9.17) is 4.74 Å². The molecule has 208 valence electrons. The fourth-order valence-electron chi connectivity index (χ4n) is 3.27. The maximum Gasteiger partial charge on any atom is 0.461 e. The highest BCUT2D eigenvalue weighted by Gasteiger charge is 2.44. The van der Waals surface area contributed by atoms with E-state index in [1.165, 1.54) is 30.5 Å². The highest BCUT2D eigenvalue weighted by Crippen LogP contribution is 2.30. The van der Waals surface area contributed by atoms with Crippen LogP contribution in [0.3, 0.4) is 0 Å². The first-order valence-electron chi connectivity index (χ1n) is 11.3. The predicted octanol–water partition coefficient (Wildman–Crippen LogP) is 5.15. The van der Waals surface area contributed by atoms with Gasteiger partial charge in [-0.25, -0.2) is 5.43 Å². The van der Waals surface area contributed by atoms with Crippen molar-refractivity contribution in [3.63, 3.8) is 0 Å². The van der Waals surface area contributed by atoms with Crippen molar-refractivity contribution in [3.8, 4) is 5.75 Å². The molecule has 0 saturated carbocycles. The van der Waals surface area contributed by atoms with Crippen LogP contribution in [-0.4, -0.2) is 60.0 Å². The number of hydrazone groups is 1. The fraction of sp³-hybridized carbons (Fsp3) is 0.304. The van der Waals surface area contributed by atoms with Crippen LogP contribution in [0.25, 0.3) is 0 Å². The number of ether oxygens (including phenoxy) is 2. The van der Waals surface area contributed by atoms with Crippen LogP contribution in [0.5, 0.6) is 5.75 Å². The van der Waals surface area contributed by atoms with Gasteiger partial charge in [-0.15, -0.1) is 0 Å². The standard InChI is InChI=1S/C23H20F7N7O2/c24-18(25)23(29,30)39-17-3-1-2-16(12-17)32-19-33-20(35-21(34-19)37-8-10-38-11-9-37)36-31-13-14-4-6-15(7-5-14)22(26,27)28/h1-7,12-13,18H,8-11H2,(H2,32,33,34,35,36)/b31-13+. The Bertz CT molecular complexity index is 1280. The third-order valence-corrected chi connectivity index (χ3v) is 5.13. The molecule has 9 nitrogen and oxygen atoms in total. The van der Waals surface area contributed by atoms with Crippen LogP contribution in [-0.2, 0) is 10.9 Å². The molecule has 0 spiro atoms. The second-order valence-electron chi connectivity index (χ2n) is 7.99. The van der Waals surface area contributed by atoms with Gasteiger partial charge in [0.25, 0.3) is 0 Å². The van der Waals surface area contributed by atoms with Crippen LogP contribution in [0.1, 0.15) is 11.1 Å². The molecule has 0 aliphatic carbocycles. The summed E-state index contributed by atoms with van der Waals surface area (Å²) in [5, 5.41) is 6.73. The lowest BCUT2D eigenvalue weighted by Gasteiger charge is -2.27. The first-order chi connectivity index (χ1) is 18.5. The Morgan fingerprint density at radius 1 is 0.949 bits per heavy atom. The Labute approximate surface area is 216 Å². The number of nitrogens with zero attached hydrogens (tertiary/aromatic N) is 5. The molecule has 0 amide bonds. The van der Waals surface area contributed by atoms with Gasteiger partial charge in [0, 0.05) is 24.8 Å². The number of benzene rings is 2. The summed E-state index contributed by atoms with van der Waals surface area (Å²) < 4.78 is 99.3. The zero-order chi connectivity index (χ0) is 28.0. The Morgan fingerprint density at radius 3 is 2.31 bits per heavy atom. The fourth-order valence-corrected chi connectivity index (χ4v) is 3.27. The monoisotopic (exact) mass is 559 g/mol. The van der Waals surface area contributed by atoms with Crippen molar-refractivity contribution in [2.24, 2.45) is 5.10 Å². The lowest BCUT2D eigenvalue weighted by Crippen LogP contribution is -2.37. The average molecular weight is 559 g/mol. The number of nitrogens with one attached hydrogen (secondary N) is 2. The van der Waals surface area contributed by atoms with E-state index in [1.807, 2.05) is 0 Å². The van der Waals surface area contributed by atoms with Crippen LogP contribution in [0.4, 0.5) is 54.3 Å². The van der Waals surface area contributed by atoms with Crippen LogP contribution in [0.15, 0.2) is 53.6 Å². The summed E-state index contributed by atoms with van der Waals surface area (Å²) in [5.41, 5.74) is 2.29. The molecule has 39 heavy (non-hydrogen) atoms. The molecule has 16 heteroatoms. The average Bonchev–Trinajstić information content (AvgIpc) is 2.89. The minimum atomic E-state index is -4.68. The molecular weight excluding hydrogens is 539 g/mol. The summed E-state index contributed by atoms with van der Waals surface area (Å²) >= 11 is 0. The molecule has 0 atom stereocenters. The summed E-state index contributed by atoms with van der Waals surface area (Å²) in [6.45, 7) is 1.76. The molecular formula is C23H20F7N7O2. The number of alkyl halides is 7. The van der Waals surface area contributed by atoms with Gasteiger partial charge in [0.1, 0.15) is 5.75 Å². The number of anilines is 4.